The van der Waals surface area contributed by atoms with Gasteiger partial charge in [0, 0.05) is 34.0 Å². The van der Waals surface area contributed by atoms with Crippen LogP contribution in [0.3, 0.4) is 0 Å². The smallest absolute Gasteiger partial charge is 0.319 e. The van der Waals surface area contributed by atoms with Crippen molar-refractivity contribution in [3.63, 3.8) is 0 Å². The van der Waals surface area contributed by atoms with Crippen LogP contribution in [-0.2, 0) is 39.5 Å². The Morgan fingerprint density at radius 1 is 0.530 bits per heavy atom. The van der Waals surface area contributed by atoms with Crippen molar-refractivity contribution in [2.75, 3.05) is 39.5 Å². The van der Waals surface area contributed by atoms with Gasteiger partial charge in [0.05, 0.1) is 38.6 Å². The first-order chi connectivity index (χ1) is 32.1. The van der Waals surface area contributed by atoms with E-state index in [1.165, 1.54) is 0 Å². The van der Waals surface area contributed by atoms with Crippen molar-refractivity contribution in [1.29, 1.82) is 0 Å². The average molecular weight is 961 g/mol. The van der Waals surface area contributed by atoms with Crippen LogP contribution < -0.4 is 29.6 Å². The summed E-state index contributed by atoms with van der Waals surface area (Å²) in [4.78, 5) is 2.26. The minimum Gasteiger partial charge on any atom is -0.493 e. The third-order valence-electron chi connectivity index (χ3n) is 10.2. The molecule has 0 radical (unpaired) electrons. The van der Waals surface area contributed by atoms with Crippen LogP contribution in [0.15, 0.2) is 108 Å². The highest BCUT2D eigenvalue weighted by Crippen LogP contribution is 2.36. The molecule has 0 saturated heterocycles. The molecule has 0 saturated carbocycles. The van der Waals surface area contributed by atoms with Crippen LogP contribution in [0.5, 0.6) is 23.0 Å². The Balaban J connectivity index is 0.831. The second kappa shape index (κ2) is 27.3. The van der Waals surface area contributed by atoms with Gasteiger partial charge >= 0.3 is 8.25 Å². The van der Waals surface area contributed by atoms with Gasteiger partial charge in [0.25, 0.3) is 0 Å². The molecule has 14 heteroatoms. The Morgan fingerprint density at radius 2 is 0.955 bits per heavy atom. The summed E-state index contributed by atoms with van der Waals surface area (Å²) in [5, 5.41) is 11.0. The lowest BCUT2D eigenvalue weighted by atomic mass is 10.1. The summed E-state index contributed by atoms with van der Waals surface area (Å²) in [5.74, 6) is 1.52. The summed E-state index contributed by atoms with van der Waals surface area (Å²) in [7, 11) is -2.58. The van der Waals surface area contributed by atoms with Gasteiger partial charge in [-0.3, -0.25) is 4.57 Å². The molecule has 6 aromatic rings. The molecule has 4 aromatic carbocycles. The van der Waals surface area contributed by atoms with Crippen molar-refractivity contribution < 1.29 is 41.3 Å². The van der Waals surface area contributed by atoms with E-state index < -0.39 is 8.25 Å². The Kier molecular flexibility index (Phi) is 21.0. The monoisotopic (exact) mass is 960 g/mol. The molecule has 354 valence electrons. The SMILES string of the molecule is CC(C)Oc1ccc(CCCOc2ccc(CNCCCO[PH](=O)OCCCNCc3ccc(OCCCc4ccc(OC(C)C)c(F)c4)c(-c4cccs4)c3)cc2-c2cccs2)cc1F. The predicted octanol–water partition coefficient (Wildman–Crippen LogP) is 13.1. The zero-order valence-corrected chi connectivity index (χ0v) is 41.0. The van der Waals surface area contributed by atoms with Gasteiger partial charge in [0.1, 0.15) is 11.5 Å². The second-order valence-corrected chi connectivity index (χ2v) is 19.4. The molecule has 66 heavy (non-hydrogen) atoms. The fraction of sp³-hybridized carbons (Fsp3) is 0.385. The minimum atomic E-state index is -2.58. The Hall–Kier alpha value is -4.59. The first-order valence-electron chi connectivity index (χ1n) is 22.8. The van der Waals surface area contributed by atoms with Crippen molar-refractivity contribution in [3.05, 3.63) is 142 Å². The quantitative estimate of drug-likeness (QED) is 0.0338. The molecule has 0 spiro atoms. The van der Waals surface area contributed by atoms with Crippen LogP contribution >= 0.6 is 30.9 Å². The number of ether oxygens (including phenoxy) is 4. The molecule has 0 atom stereocenters. The molecular weight excluding hydrogens is 898 g/mol. The minimum absolute atomic E-state index is 0.0811. The van der Waals surface area contributed by atoms with Crippen molar-refractivity contribution in [2.45, 2.75) is 91.5 Å². The Morgan fingerprint density at radius 3 is 1.35 bits per heavy atom. The number of aryl methyl sites for hydroxylation is 2. The van der Waals surface area contributed by atoms with Crippen molar-refractivity contribution in [1.82, 2.24) is 10.6 Å². The van der Waals surface area contributed by atoms with E-state index in [-0.39, 0.29) is 35.3 Å². The van der Waals surface area contributed by atoms with Crippen molar-refractivity contribution >= 4 is 30.9 Å². The predicted molar refractivity (Wildman–Crippen MR) is 265 cm³/mol. The van der Waals surface area contributed by atoms with Crippen LogP contribution in [0.4, 0.5) is 8.78 Å². The molecule has 0 bridgehead atoms. The van der Waals surface area contributed by atoms with E-state index in [2.05, 4.69) is 57.8 Å². The molecule has 2 N–H and O–H groups in total. The van der Waals surface area contributed by atoms with Crippen molar-refractivity contribution in [2.24, 2.45) is 0 Å². The van der Waals surface area contributed by atoms with E-state index in [9.17, 15) is 13.3 Å². The molecular formula is C52H63F2N2O7PS2. The lowest BCUT2D eigenvalue weighted by Crippen LogP contribution is -2.16. The summed E-state index contributed by atoms with van der Waals surface area (Å²) >= 11 is 3.33. The third-order valence-corrected chi connectivity index (χ3v) is 12.9. The Bertz CT molecular complexity index is 2220. The zero-order valence-electron chi connectivity index (χ0n) is 38.4. The highest BCUT2D eigenvalue weighted by molar-refractivity contribution is 7.33. The standard InChI is InChI=1S/C52H63F2N2O7PS2/c1-37(2)62-49-21-15-39(33-45(49)53)11-5-25-58-47-19-17-41(31-43(47)51-13-7-29-65-51)35-55-23-9-27-60-64(57)61-28-10-24-56-36-42-18-20-48(44(32-42)52-14-8-30-66-52)59-26-6-12-40-16-22-50(46(54)34-40)63-38(3)4/h7-8,13-22,29-34,37-38,55-56,64H,5-6,9-12,23-28,35-36H2,1-4H3. The largest absolute Gasteiger partial charge is 0.493 e. The van der Waals surface area contributed by atoms with Gasteiger partial charge in [-0.2, -0.15) is 0 Å². The molecule has 2 heterocycles. The molecule has 2 aromatic heterocycles. The highest BCUT2D eigenvalue weighted by Gasteiger charge is 2.13. The van der Waals surface area contributed by atoms with Crippen LogP contribution in [0.1, 0.15) is 75.6 Å². The summed E-state index contributed by atoms with van der Waals surface area (Å²) in [5.41, 5.74) is 6.17. The second-order valence-electron chi connectivity index (χ2n) is 16.4. The number of nitrogens with one attached hydrogen (secondary N) is 2. The molecule has 0 aliphatic carbocycles. The summed E-state index contributed by atoms with van der Waals surface area (Å²) in [6.07, 6.45) is 4.13. The van der Waals surface area contributed by atoms with Crippen LogP contribution in [0.2, 0.25) is 0 Å². The zero-order chi connectivity index (χ0) is 46.5. The maximum atomic E-state index is 14.4. The normalized spacial score (nSPS) is 11.5. The van der Waals surface area contributed by atoms with E-state index in [0.717, 1.165) is 67.5 Å². The molecule has 0 aliphatic rings. The summed E-state index contributed by atoms with van der Waals surface area (Å²) < 4.78 is 75.8. The van der Waals surface area contributed by atoms with Gasteiger partial charge < -0.3 is 38.6 Å². The summed E-state index contributed by atoms with van der Waals surface area (Å²) in [6.45, 7) is 12.0. The maximum Gasteiger partial charge on any atom is 0.319 e. The molecule has 0 amide bonds. The number of halogens is 2. The lowest BCUT2D eigenvalue weighted by Gasteiger charge is -2.14. The van der Waals surface area contributed by atoms with Crippen molar-refractivity contribution in [3.8, 4) is 43.9 Å². The molecule has 6 rings (SSSR count). The fourth-order valence-electron chi connectivity index (χ4n) is 7.10. The molecule has 9 nitrogen and oxygen atoms in total. The summed E-state index contributed by atoms with van der Waals surface area (Å²) in [6, 6.07) is 31.0. The number of benzene rings is 4. The van der Waals surface area contributed by atoms with Crippen LogP contribution in [0.25, 0.3) is 20.9 Å². The molecule has 0 fully saturated rings. The number of rotatable bonds is 30. The first-order valence-corrected chi connectivity index (χ1v) is 25.8. The average Bonchev–Trinajstić information content (AvgIpc) is 4.05. The molecule has 0 aliphatic heterocycles. The highest BCUT2D eigenvalue weighted by atomic mass is 32.1. The number of hydrogen-bond donors (Lipinski definition) is 2. The van der Waals surface area contributed by atoms with E-state index in [1.807, 2.05) is 64.1 Å². The van der Waals surface area contributed by atoms with Gasteiger partial charge in [-0.05, 0) is 173 Å². The van der Waals surface area contributed by atoms with Gasteiger partial charge in [-0.1, -0.05) is 36.4 Å². The van der Waals surface area contributed by atoms with E-state index in [0.29, 0.717) is 78.3 Å². The van der Waals surface area contributed by atoms with E-state index in [1.54, 1.807) is 46.9 Å². The van der Waals surface area contributed by atoms with Gasteiger partial charge in [0.15, 0.2) is 23.1 Å². The fourth-order valence-corrected chi connectivity index (χ4v) is 9.30. The Labute approximate surface area is 397 Å². The number of thiophene rings is 2. The maximum absolute atomic E-state index is 14.4. The van der Waals surface area contributed by atoms with Gasteiger partial charge in [-0.15, -0.1) is 22.7 Å². The van der Waals surface area contributed by atoms with E-state index >= 15 is 0 Å². The van der Waals surface area contributed by atoms with Gasteiger partial charge in [-0.25, -0.2) is 8.78 Å². The first kappa shape index (κ1) is 50.8. The van der Waals surface area contributed by atoms with E-state index in [4.69, 9.17) is 28.0 Å². The molecule has 0 unspecified atom stereocenters. The van der Waals surface area contributed by atoms with Crippen LogP contribution in [-0.4, -0.2) is 51.7 Å². The lowest BCUT2D eigenvalue weighted by molar-refractivity contribution is 0.220. The third kappa shape index (κ3) is 16.9. The van der Waals surface area contributed by atoms with Gasteiger partial charge in [0.2, 0.25) is 0 Å². The number of hydrogen-bond acceptors (Lipinski definition) is 11. The van der Waals surface area contributed by atoms with Crippen LogP contribution in [0, 0.1) is 11.6 Å². The topological polar surface area (TPSA) is 96.5 Å².